The monoisotopic (exact) mass is 212 g/mol. The molecule has 0 aliphatic rings. The number of rotatable bonds is 6. The Hall–Kier alpha value is -1.09. The van der Waals surface area contributed by atoms with Gasteiger partial charge in [-0.15, -0.1) is 0 Å². The van der Waals surface area contributed by atoms with Gasteiger partial charge in [-0.2, -0.15) is 0 Å². The molecule has 0 aliphatic carbocycles. The molecule has 15 heavy (non-hydrogen) atoms. The van der Waals surface area contributed by atoms with Crippen molar-refractivity contribution in [3.8, 4) is 5.75 Å². The Morgan fingerprint density at radius 3 is 2.67 bits per heavy atom. The second kappa shape index (κ2) is 6.40. The summed E-state index contributed by atoms with van der Waals surface area (Å²) in [5.41, 5.74) is 0.629. The molecule has 1 rings (SSSR count). The number of hydrogen-bond donors (Lipinski definition) is 0. The van der Waals surface area contributed by atoms with Crippen LogP contribution in [0.5, 0.6) is 5.75 Å². The molecule has 0 atom stereocenters. The highest BCUT2D eigenvalue weighted by Crippen LogP contribution is 2.15. The second-order valence-corrected chi connectivity index (χ2v) is 3.37. The summed E-state index contributed by atoms with van der Waals surface area (Å²) >= 11 is 0. The van der Waals surface area contributed by atoms with E-state index in [1.165, 1.54) is 6.07 Å². The lowest BCUT2D eigenvalue weighted by molar-refractivity contribution is 0.100. The van der Waals surface area contributed by atoms with Crippen LogP contribution in [-0.2, 0) is 4.74 Å². The minimum atomic E-state index is -0.234. The van der Waals surface area contributed by atoms with Crippen LogP contribution in [0.4, 0.5) is 4.39 Å². The van der Waals surface area contributed by atoms with E-state index in [0.29, 0.717) is 24.5 Å². The lowest BCUT2D eigenvalue weighted by Gasteiger charge is -2.07. The van der Waals surface area contributed by atoms with E-state index < -0.39 is 0 Å². The third kappa shape index (κ3) is 4.30. The summed E-state index contributed by atoms with van der Waals surface area (Å²) in [6.07, 6.45) is 0.999. The maximum Gasteiger partial charge on any atom is 0.129 e. The first-order chi connectivity index (χ1) is 7.24. The van der Waals surface area contributed by atoms with Crippen LogP contribution in [0.1, 0.15) is 18.9 Å². The highest BCUT2D eigenvalue weighted by Gasteiger charge is 1.99. The molecule has 0 radical (unpaired) electrons. The molecule has 0 bridgehead atoms. The van der Waals surface area contributed by atoms with E-state index in [1.807, 2.05) is 0 Å². The van der Waals surface area contributed by atoms with Crippen LogP contribution in [0.25, 0.3) is 0 Å². The first kappa shape index (κ1) is 12.0. The summed E-state index contributed by atoms with van der Waals surface area (Å²) < 4.78 is 23.7. The lowest BCUT2D eigenvalue weighted by atomic mass is 10.2. The van der Waals surface area contributed by atoms with Gasteiger partial charge in [0, 0.05) is 12.7 Å². The highest BCUT2D eigenvalue weighted by atomic mass is 19.1. The van der Waals surface area contributed by atoms with Crippen molar-refractivity contribution in [3.63, 3.8) is 0 Å². The van der Waals surface area contributed by atoms with Gasteiger partial charge in [0.2, 0.25) is 0 Å². The Kier molecular flexibility index (Phi) is 5.12. The molecule has 0 saturated carbocycles. The van der Waals surface area contributed by atoms with Gasteiger partial charge in [-0.25, -0.2) is 4.39 Å². The topological polar surface area (TPSA) is 18.5 Å². The smallest absolute Gasteiger partial charge is 0.129 e. The third-order valence-electron chi connectivity index (χ3n) is 1.99. The SMILES string of the molecule is CCCOCCOc1ccc(C)c(F)c1. The van der Waals surface area contributed by atoms with E-state index >= 15 is 0 Å². The van der Waals surface area contributed by atoms with Gasteiger partial charge in [-0.05, 0) is 25.0 Å². The summed E-state index contributed by atoms with van der Waals surface area (Å²) in [6.45, 7) is 5.52. The molecule has 84 valence electrons. The number of benzene rings is 1. The molecule has 0 aliphatic heterocycles. The van der Waals surface area contributed by atoms with Gasteiger partial charge < -0.3 is 9.47 Å². The van der Waals surface area contributed by atoms with E-state index in [9.17, 15) is 4.39 Å². The van der Waals surface area contributed by atoms with Crippen LogP contribution < -0.4 is 4.74 Å². The van der Waals surface area contributed by atoms with Crippen molar-refractivity contribution in [2.75, 3.05) is 19.8 Å². The van der Waals surface area contributed by atoms with Crippen molar-refractivity contribution < 1.29 is 13.9 Å². The average molecular weight is 212 g/mol. The molecular formula is C12H17FO2. The lowest BCUT2D eigenvalue weighted by Crippen LogP contribution is -2.07. The second-order valence-electron chi connectivity index (χ2n) is 3.37. The molecule has 1 aromatic rings. The molecule has 0 unspecified atom stereocenters. The fraction of sp³-hybridized carbons (Fsp3) is 0.500. The summed E-state index contributed by atoms with van der Waals surface area (Å²) in [5.74, 6) is 0.320. The fourth-order valence-electron chi connectivity index (χ4n) is 1.13. The maximum atomic E-state index is 13.1. The van der Waals surface area contributed by atoms with Crippen LogP contribution in [0.15, 0.2) is 18.2 Å². The minimum absolute atomic E-state index is 0.234. The highest BCUT2D eigenvalue weighted by molar-refractivity contribution is 5.27. The Labute approximate surface area is 90.0 Å². The van der Waals surface area contributed by atoms with E-state index in [1.54, 1.807) is 19.1 Å². The van der Waals surface area contributed by atoms with Crippen molar-refractivity contribution in [1.82, 2.24) is 0 Å². The Morgan fingerprint density at radius 1 is 1.20 bits per heavy atom. The van der Waals surface area contributed by atoms with Crippen LogP contribution >= 0.6 is 0 Å². The van der Waals surface area contributed by atoms with Crippen molar-refractivity contribution in [2.24, 2.45) is 0 Å². The quantitative estimate of drug-likeness (QED) is 0.675. The van der Waals surface area contributed by atoms with E-state index in [-0.39, 0.29) is 5.82 Å². The third-order valence-corrected chi connectivity index (χ3v) is 1.99. The van der Waals surface area contributed by atoms with Gasteiger partial charge in [-0.1, -0.05) is 13.0 Å². The number of hydrogen-bond acceptors (Lipinski definition) is 2. The van der Waals surface area contributed by atoms with Crippen molar-refractivity contribution in [2.45, 2.75) is 20.3 Å². The van der Waals surface area contributed by atoms with Gasteiger partial charge in [0.25, 0.3) is 0 Å². The molecule has 2 nitrogen and oxygen atoms in total. The molecule has 0 heterocycles. The van der Waals surface area contributed by atoms with E-state index in [4.69, 9.17) is 9.47 Å². The average Bonchev–Trinajstić information content (AvgIpc) is 2.23. The summed E-state index contributed by atoms with van der Waals surface area (Å²) in [5, 5.41) is 0. The molecule has 0 spiro atoms. The molecular weight excluding hydrogens is 195 g/mol. The first-order valence-electron chi connectivity index (χ1n) is 5.20. The van der Waals surface area contributed by atoms with Crippen LogP contribution in [0, 0.1) is 12.7 Å². The van der Waals surface area contributed by atoms with Crippen LogP contribution in [-0.4, -0.2) is 19.8 Å². The number of halogens is 1. The van der Waals surface area contributed by atoms with Gasteiger partial charge in [-0.3, -0.25) is 0 Å². The van der Waals surface area contributed by atoms with E-state index in [2.05, 4.69) is 6.92 Å². The number of ether oxygens (including phenoxy) is 2. The molecule has 0 amide bonds. The normalized spacial score (nSPS) is 10.3. The zero-order valence-electron chi connectivity index (χ0n) is 9.25. The van der Waals surface area contributed by atoms with Gasteiger partial charge in [0.15, 0.2) is 0 Å². The predicted molar refractivity (Wildman–Crippen MR) is 57.7 cm³/mol. The summed E-state index contributed by atoms with van der Waals surface area (Å²) in [7, 11) is 0. The Bertz CT molecular complexity index is 300. The standard InChI is InChI=1S/C12H17FO2/c1-3-6-14-7-8-15-11-5-4-10(2)12(13)9-11/h4-5,9H,3,6-8H2,1-2H3. The van der Waals surface area contributed by atoms with E-state index in [0.717, 1.165) is 13.0 Å². The molecule has 0 aromatic heterocycles. The van der Waals surface area contributed by atoms with Crippen LogP contribution in [0.3, 0.4) is 0 Å². The minimum Gasteiger partial charge on any atom is -0.491 e. The molecule has 0 fully saturated rings. The first-order valence-corrected chi connectivity index (χ1v) is 5.20. The fourth-order valence-corrected chi connectivity index (χ4v) is 1.13. The Balaban J connectivity index is 2.28. The zero-order valence-corrected chi connectivity index (χ0v) is 9.25. The van der Waals surface area contributed by atoms with Gasteiger partial charge in [0.05, 0.1) is 6.61 Å². The maximum absolute atomic E-state index is 13.1. The van der Waals surface area contributed by atoms with Crippen molar-refractivity contribution in [3.05, 3.63) is 29.6 Å². The largest absolute Gasteiger partial charge is 0.491 e. The summed E-state index contributed by atoms with van der Waals surface area (Å²) in [6, 6.07) is 4.87. The molecule has 0 saturated heterocycles. The van der Waals surface area contributed by atoms with Gasteiger partial charge in [0.1, 0.15) is 18.2 Å². The van der Waals surface area contributed by atoms with Crippen molar-refractivity contribution in [1.29, 1.82) is 0 Å². The molecule has 1 aromatic carbocycles. The Morgan fingerprint density at radius 2 is 2.00 bits per heavy atom. The molecule has 3 heteroatoms. The van der Waals surface area contributed by atoms with Gasteiger partial charge >= 0.3 is 0 Å². The van der Waals surface area contributed by atoms with Crippen molar-refractivity contribution >= 4 is 0 Å². The van der Waals surface area contributed by atoms with Crippen LogP contribution in [0.2, 0.25) is 0 Å². The summed E-state index contributed by atoms with van der Waals surface area (Å²) in [4.78, 5) is 0. The molecule has 0 N–H and O–H groups in total. The number of aryl methyl sites for hydroxylation is 1. The zero-order chi connectivity index (χ0) is 11.1. The predicted octanol–water partition coefficient (Wildman–Crippen LogP) is 2.94.